The average molecular weight is 533 g/mol. The van der Waals surface area contributed by atoms with Gasteiger partial charge in [-0.05, 0) is 41.3 Å². The number of halogens is 1. The van der Waals surface area contributed by atoms with Crippen LogP contribution in [0.2, 0.25) is 0 Å². The van der Waals surface area contributed by atoms with Gasteiger partial charge in [0.2, 0.25) is 0 Å². The highest BCUT2D eigenvalue weighted by atomic mass is 79.9. The van der Waals surface area contributed by atoms with E-state index in [1.54, 1.807) is 35.7 Å². The second-order valence-electron chi connectivity index (χ2n) is 7.04. The molecule has 0 atom stereocenters. The highest BCUT2D eigenvalue weighted by Gasteiger charge is 2.30. The minimum Gasteiger partial charge on any atom is -0.505 e. The maximum Gasteiger partial charge on any atom is 0.284 e. The third-order valence-electron chi connectivity index (χ3n) is 4.98. The predicted octanol–water partition coefficient (Wildman–Crippen LogP) is 5.17. The Kier molecular flexibility index (Phi) is 5.22. The van der Waals surface area contributed by atoms with Gasteiger partial charge in [0.25, 0.3) is 5.56 Å². The molecule has 0 fully saturated rings. The van der Waals surface area contributed by atoms with Crippen molar-refractivity contribution in [3.05, 3.63) is 85.9 Å². The van der Waals surface area contributed by atoms with Crippen LogP contribution in [0.3, 0.4) is 0 Å². The molecule has 1 aliphatic heterocycles. The number of para-hydroxylation sites is 1. The van der Waals surface area contributed by atoms with Gasteiger partial charge in [0.15, 0.2) is 11.6 Å². The van der Waals surface area contributed by atoms with E-state index in [-0.39, 0.29) is 22.0 Å². The van der Waals surface area contributed by atoms with Crippen LogP contribution in [0, 0.1) is 0 Å². The smallest absolute Gasteiger partial charge is 0.284 e. The Hall–Kier alpha value is -2.83. The van der Waals surface area contributed by atoms with Crippen LogP contribution in [0.1, 0.15) is 11.1 Å². The molecule has 0 bridgehead atoms. The molecule has 11 heteroatoms. The zero-order chi connectivity index (χ0) is 22.5. The van der Waals surface area contributed by atoms with Crippen molar-refractivity contribution in [2.45, 2.75) is 11.4 Å². The van der Waals surface area contributed by atoms with Crippen LogP contribution in [0.4, 0.5) is 5.69 Å². The van der Waals surface area contributed by atoms with E-state index in [0.29, 0.717) is 22.4 Å². The number of hydrogen-bond donors (Lipinski definition) is 5. The molecular formula is C21H17BrN4O4S2. The first-order chi connectivity index (χ1) is 15.3. The summed E-state index contributed by atoms with van der Waals surface area (Å²) in [6.07, 6.45) is 0. The zero-order valence-corrected chi connectivity index (χ0v) is 19.5. The molecule has 4 aromatic rings. The van der Waals surface area contributed by atoms with E-state index in [0.717, 1.165) is 10.0 Å². The minimum atomic E-state index is -3.54. The Morgan fingerprint density at radius 2 is 1.97 bits per heavy atom. The molecule has 0 radical (unpaired) electrons. The molecule has 1 aliphatic rings. The van der Waals surface area contributed by atoms with E-state index in [2.05, 4.69) is 31.1 Å². The molecule has 32 heavy (non-hydrogen) atoms. The van der Waals surface area contributed by atoms with Gasteiger partial charge >= 0.3 is 0 Å². The van der Waals surface area contributed by atoms with Crippen LogP contribution in [-0.4, -0.2) is 24.7 Å². The summed E-state index contributed by atoms with van der Waals surface area (Å²) >= 11 is 4.70. The second kappa shape index (κ2) is 7.94. The van der Waals surface area contributed by atoms with Crippen molar-refractivity contribution < 1.29 is 14.2 Å². The molecule has 164 valence electrons. The first-order valence-electron chi connectivity index (χ1n) is 9.43. The predicted molar refractivity (Wildman–Crippen MR) is 133 cm³/mol. The second-order valence-corrected chi connectivity index (χ2v) is 10.5. The summed E-state index contributed by atoms with van der Waals surface area (Å²) in [4.78, 5) is 13.7. The molecule has 2 aromatic carbocycles. The van der Waals surface area contributed by atoms with E-state index in [1.807, 2.05) is 24.3 Å². The summed E-state index contributed by atoms with van der Waals surface area (Å²) < 4.78 is 27.9. The lowest BCUT2D eigenvalue weighted by Crippen LogP contribution is -2.35. The quantitative estimate of drug-likeness (QED) is 0.247. The molecule has 5 rings (SSSR count). The molecule has 0 unspecified atom stereocenters. The standard InChI is InChI=1S/C21H17BrN4O4S2/c22-13-5-3-4-12(10-13)11-23-26-15-8-9-31-19(15)18(27)17(21(26)28)20-24-14-6-1-2-7-16(14)32(29,30)25-20/h1-10,23,27,29-30H,11H2,(H,24,25). The number of fused-ring (bicyclic) bond motifs is 2. The van der Waals surface area contributed by atoms with Crippen molar-refractivity contribution in [3.8, 4) is 5.75 Å². The van der Waals surface area contributed by atoms with E-state index >= 15 is 0 Å². The highest BCUT2D eigenvalue weighted by molar-refractivity contribution is 9.10. The number of hydrogen-bond acceptors (Lipinski definition) is 8. The van der Waals surface area contributed by atoms with Crippen molar-refractivity contribution in [1.82, 2.24) is 4.68 Å². The minimum absolute atomic E-state index is 0.0977. The Bertz CT molecular complexity index is 1450. The molecule has 0 aliphatic carbocycles. The van der Waals surface area contributed by atoms with Crippen molar-refractivity contribution >= 4 is 59.8 Å². The van der Waals surface area contributed by atoms with Crippen LogP contribution >= 0.6 is 38.0 Å². The van der Waals surface area contributed by atoms with Gasteiger partial charge in [0.05, 0.1) is 22.4 Å². The number of rotatable bonds is 4. The lowest BCUT2D eigenvalue weighted by atomic mass is 10.2. The van der Waals surface area contributed by atoms with Crippen LogP contribution < -0.4 is 16.3 Å². The fourth-order valence-corrected chi connectivity index (χ4v) is 5.96. The van der Waals surface area contributed by atoms with E-state index < -0.39 is 16.3 Å². The molecule has 3 heterocycles. The number of nitrogens with zero attached hydrogens (tertiary/aromatic N) is 2. The maximum atomic E-state index is 13.5. The van der Waals surface area contributed by atoms with Crippen LogP contribution in [0.15, 0.2) is 78.5 Å². The van der Waals surface area contributed by atoms with Crippen molar-refractivity contribution in [2.24, 2.45) is 4.40 Å². The SMILES string of the molecule is O=c1c(C2=NS(O)(O)c3ccccc3N2)c(O)c2sccc2n1NCc1cccc(Br)c1. The number of thiophene rings is 1. The normalized spacial score (nSPS) is 15.5. The van der Waals surface area contributed by atoms with Gasteiger partial charge in [0, 0.05) is 4.47 Å². The number of aromatic hydroxyl groups is 1. The number of nitrogens with one attached hydrogen (secondary N) is 2. The topological polar surface area (TPSA) is 119 Å². The number of amidine groups is 1. The molecule has 0 saturated heterocycles. The molecule has 0 spiro atoms. The maximum absolute atomic E-state index is 13.5. The van der Waals surface area contributed by atoms with Crippen LogP contribution in [0.25, 0.3) is 10.2 Å². The monoisotopic (exact) mass is 532 g/mol. The Labute approximate surface area is 196 Å². The Morgan fingerprint density at radius 3 is 2.78 bits per heavy atom. The first-order valence-corrected chi connectivity index (χ1v) is 12.6. The molecular weight excluding hydrogens is 516 g/mol. The average Bonchev–Trinajstić information content (AvgIpc) is 3.23. The molecule has 2 aromatic heterocycles. The largest absolute Gasteiger partial charge is 0.505 e. The fraction of sp³-hybridized carbons (Fsp3) is 0.0476. The third-order valence-corrected chi connectivity index (χ3v) is 7.76. The summed E-state index contributed by atoms with van der Waals surface area (Å²) in [5, 5.41) is 15.7. The van der Waals surface area contributed by atoms with E-state index in [4.69, 9.17) is 0 Å². The molecule has 8 nitrogen and oxygen atoms in total. The molecule has 0 amide bonds. The summed E-state index contributed by atoms with van der Waals surface area (Å²) in [5.41, 5.74) is 4.27. The molecule has 5 N–H and O–H groups in total. The van der Waals surface area contributed by atoms with E-state index in [9.17, 15) is 19.0 Å². The zero-order valence-electron chi connectivity index (χ0n) is 16.3. The Morgan fingerprint density at radius 1 is 1.16 bits per heavy atom. The van der Waals surface area contributed by atoms with Crippen LogP contribution in [0.5, 0.6) is 5.75 Å². The number of aromatic nitrogens is 1. The third kappa shape index (κ3) is 3.57. The number of pyridine rings is 1. The summed E-state index contributed by atoms with van der Waals surface area (Å²) in [5.74, 6) is -0.360. The summed E-state index contributed by atoms with van der Waals surface area (Å²) in [6.45, 7) is 0.354. The van der Waals surface area contributed by atoms with Gasteiger partial charge in [-0.2, -0.15) is 0 Å². The van der Waals surface area contributed by atoms with Gasteiger partial charge in [-0.3, -0.25) is 13.9 Å². The van der Waals surface area contributed by atoms with Gasteiger partial charge in [0.1, 0.15) is 10.5 Å². The van der Waals surface area contributed by atoms with Gasteiger partial charge < -0.3 is 15.8 Å². The van der Waals surface area contributed by atoms with Crippen molar-refractivity contribution in [1.29, 1.82) is 0 Å². The lowest BCUT2D eigenvalue weighted by molar-refractivity contribution is 0.479. The van der Waals surface area contributed by atoms with Gasteiger partial charge in [-0.15, -0.1) is 15.7 Å². The van der Waals surface area contributed by atoms with E-state index in [1.165, 1.54) is 16.0 Å². The lowest BCUT2D eigenvalue weighted by Gasteiger charge is -2.34. The number of benzene rings is 2. The van der Waals surface area contributed by atoms with Crippen molar-refractivity contribution in [3.63, 3.8) is 0 Å². The first kappa shape index (κ1) is 21.0. The van der Waals surface area contributed by atoms with Gasteiger partial charge in [-0.1, -0.05) is 51.0 Å². The Balaban J connectivity index is 1.63. The summed E-state index contributed by atoms with van der Waals surface area (Å²) in [6, 6.07) is 16.0. The molecule has 0 saturated carbocycles. The number of anilines is 1. The van der Waals surface area contributed by atoms with Gasteiger partial charge in [-0.25, -0.2) is 4.68 Å². The highest BCUT2D eigenvalue weighted by Crippen LogP contribution is 2.55. The van der Waals surface area contributed by atoms with Crippen molar-refractivity contribution in [2.75, 3.05) is 10.7 Å². The fourth-order valence-electron chi connectivity index (χ4n) is 3.52. The summed E-state index contributed by atoms with van der Waals surface area (Å²) in [7, 11) is -3.54. The van der Waals surface area contributed by atoms with Crippen LogP contribution in [-0.2, 0) is 6.54 Å².